The van der Waals surface area contributed by atoms with Gasteiger partial charge in [-0.15, -0.1) is 0 Å². The lowest BCUT2D eigenvalue weighted by molar-refractivity contribution is -0.390. The summed E-state index contributed by atoms with van der Waals surface area (Å²) < 4.78 is 1.73. The molecule has 0 aliphatic carbocycles. The quantitative estimate of drug-likeness (QED) is 0.637. The summed E-state index contributed by atoms with van der Waals surface area (Å²) >= 11 is 3.07. The Morgan fingerprint density at radius 1 is 1.56 bits per heavy atom. The van der Waals surface area contributed by atoms with E-state index in [4.69, 9.17) is 5.26 Å². The molecule has 0 aliphatic rings. The first-order valence-electron chi connectivity index (χ1n) is 4.82. The van der Waals surface area contributed by atoms with Gasteiger partial charge in [0.1, 0.15) is 17.1 Å². The molecule has 2 rings (SSSR count). The zero-order valence-electron chi connectivity index (χ0n) is 8.95. The lowest BCUT2D eigenvalue weighted by Gasteiger charge is -1.96. The van der Waals surface area contributed by atoms with Crippen molar-refractivity contribution in [2.24, 2.45) is 0 Å². The predicted octanol–water partition coefficient (Wildman–Crippen LogP) is 1.87. The monoisotopic (exact) mass is 307 g/mol. The number of aromatic nitrogens is 3. The number of halogens is 1. The highest BCUT2D eigenvalue weighted by molar-refractivity contribution is 9.10. The van der Waals surface area contributed by atoms with Gasteiger partial charge in [0.25, 0.3) is 0 Å². The van der Waals surface area contributed by atoms with Crippen LogP contribution in [0.2, 0.25) is 0 Å². The van der Waals surface area contributed by atoms with Gasteiger partial charge in [0, 0.05) is 6.20 Å². The fourth-order valence-electron chi connectivity index (χ4n) is 1.34. The van der Waals surface area contributed by atoms with Crippen LogP contribution in [0.15, 0.2) is 29.0 Å². The molecule has 0 unspecified atom stereocenters. The molecule has 18 heavy (non-hydrogen) atoms. The molecule has 0 aliphatic heterocycles. The molecule has 0 saturated heterocycles. The highest BCUT2D eigenvalue weighted by atomic mass is 79.9. The van der Waals surface area contributed by atoms with Crippen LogP contribution in [0.4, 0.5) is 5.82 Å². The highest BCUT2D eigenvalue weighted by Gasteiger charge is 2.18. The average Bonchev–Trinajstić information content (AvgIpc) is 2.71. The fraction of sp³-hybridized carbons (Fsp3) is 0.100. The number of hydrogen-bond acceptors (Lipinski definition) is 5. The van der Waals surface area contributed by atoms with Crippen molar-refractivity contribution in [3.05, 3.63) is 50.4 Å². The zero-order chi connectivity index (χ0) is 13.1. The van der Waals surface area contributed by atoms with Crippen LogP contribution in [0.3, 0.4) is 0 Å². The predicted molar refractivity (Wildman–Crippen MR) is 64.6 cm³/mol. The fourth-order valence-corrected chi connectivity index (χ4v) is 1.80. The van der Waals surface area contributed by atoms with Crippen LogP contribution in [0.5, 0.6) is 0 Å². The Bertz CT molecular complexity index is 629. The first-order chi connectivity index (χ1) is 8.60. The van der Waals surface area contributed by atoms with Crippen LogP contribution in [-0.4, -0.2) is 19.7 Å². The maximum absolute atomic E-state index is 10.6. The van der Waals surface area contributed by atoms with Gasteiger partial charge >= 0.3 is 5.82 Å². The molecule has 0 bridgehead atoms. The molecule has 7 nitrogen and oxygen atoms in total. The normalized spacial score (nSPS) is 10.0. The lowest BCUT2D eigenvalue weighted by Crippen LogP contribution is -2.03. The van der Waals surface area contributed by atoms with Gasteiger partial charge in [0.2, 0.25) is 0 Å². The Morgan fingerprint density at radius 2 is 2.33 bits per heavy atom. The molecule has 0 amide bonds. The molecule has 90 valence electrons. The zero-order valence-corrected chi connectivity index (χ0v) is 10.5. The van der Waals surface area contributed by atoms with E-state index in [1.807, 2.05) is 6.07 Å². The van der Waals surface area contributed by atoms with Crippen molar-refractivity contribution in [1.82, 2.24) is 14.8 Å². The Balaban J connectivity index is 2.21. The second-order valence-electron chi connectivity index (χ2n) is 3.41. The minimum Gasteiger partial charge on any atom is -0.358 e. The SMILES string of the molecule is N#Cc1ccc(Cn2cc(Br)c([N+](=O)[O-])n2)nc1. The van der Waals surface area contributed by atoms with Crippen LogP contribution in [0, 0.1) is 21.4 Å². The van der Waals surface area contributed by atoms with Crippen LogP contribution >= 0.6 is 15.9 Å². The molecule has 2 aromatic heterocycles. The van der Waals surface area contributed by atoms with Gasteiger partial charge in [0.15, 0.2) is 0 Å². The summed E-state index contributed by atoms with van der Waals surface area (Å²) in [6.45, 7) is 0.304. The molecule has 2 aromatic rings. The number of nitro groups is 1. The molecule has 0 radical (unpaired) electrons. The molecule has 0 aromatic carbocycles. The maximum Gasteiger partial charge on any atom is 0.404 e. The Kier molecular flexibility index (Phi) is 3.34. The van der Waals surface area contributed by atoms with Crippen molar-refractivity contribution in [2.45, 2.75) is 6.54 Å². The molecule has 0 N–H and O–H groups in total. The highest BCUT2D eigenvalue weighted by Crippen LogP contribution is 2.22. The van der Waals surface area contributed by atoms with Crippen LogP contribution in [-0.2, 0) is 6.54 Å². The topological polar surface area (TPSA) is 97.6 Å². The standard InChI is InChI=1S/C10H6BrN5O2/c11-9-6-15(14-10(9)16(17)18)5-8-2-1-7(3-12)4-13-8/h1-2,4,6H,5H2. The number of nitriles is 1. The smallest absolute Gasteiger partial charge is 0.358 e. The van der Waals surface area contributed by atoms with Gasteiger partial charge in [0.05, 0.1) is 22.6 Å². The molecule has 8 heteroatoms. The van der Waals surface area contributed by atoms with Crippen LogP contribution < -0.4 is 0 Å². The molecular weight excluding hydrogens is 302 g/mol. The van der Waals surface area contributed by atoms with E-state index in [2.05, 4.69) is 26.0 Å². The first kappa shape index (κ1) is 12.2. The van der Waals surface area contributed by atoms with Crippen molar-refractivity contribution in [3.63, 3.8) is 0 Å². The molecule has 0 fully saturated rings. The van der Waals surface area contributed by atoms with E-state index in [0.29, 0.717) is 22.3 Å². The largest absolute Gasteiger partial charge is 0.404 e. The third-order valence-corrected chi connectivity index (χ3v) is 2.71. The second kappa shape index (κ2) is 4.93. The Morgan fingerprint density at radius 3 is 2.83 bits per heavy atom. The maximum atomic E-state index is 10.6. The number of rotatable bonds is 3. The van der Waals surface area contributed by atoms with Gasteiger partial charge in [-0.2, -0.15) is 9.94 Å². The third kappa shape index (κ3) is 2.52. The third-order valence-electron chi connectivity index (χ3n) is 2.15. The number of hydrogen-bond donors (Lipinski definition) is 0. The molecule has 2 heterocycles. The average molecular weight is 308 g/mol. The molecule has 0 spiro atoms. The van der Waals surface area contributed by atoms with E-state index in [0.717, 1.165) is 0 Å². The van der Waals surface area contributed by atoms with Gasteiger partial charge in [-0.05, 0) is 33.0 Å². The summed E-state index contributed by atoms with van der Waals surface area (Å²) in [7, 11) is 0. The van der Waals surface area contributed by atoms with Crippen LogP contribution in [0.1, 0.15) is 11.3 Å². The molecule has 0 saturated carbocycles. The lowest BCUT2D eigenvalue weighted by atomic mass is 10.3. The minimum absolute atomic E-state index is 0.233. The van der Waals surface area contributed by atoms with E-state index < -0.39 is 4.92 Å². The summed E-state index contributed by atoms with van der Waals surface area (Å²) in [5.74, 6) is -0.233. The van der Waals surface area contributed by atoms with Gasteiger partial charge in [-0.25, -0.2) is 0 Å². The van der Waals surface area contributed by atoms with E-state index >= 15 is 0 Å². The van der Waals surface area contributed by atoms with Crippen LogP contribution in [0.25, 0.3) is 0 Å². The molecular formula is C10H6BrN5O2. The van der Waals surface area contributed by atoms with Crippen molar-refractivity contribution < 1.29 is 4.92 Å². The Labute approximate surface area is 110 Å². The first-order valence-corrected chi connectivity index (χ1v) is 5.62. The van der Waals surface area contributed by atoms with Crippen molar-refractivity contribution >= 4 is 21.7 Å². The number of pyridine rings is 1. The summed E-state index contributed by atoms with van der Waals surface area (Å²) in [5.41, 5.74) is 1.13. The summed E-state index contributed by atoms with van der Waals surface area (Å²) in [6.07, 6.45) is 2.96. The van der Waals surface area contributed by atoms with Crippen molar-refractivity contribution in [3.8, 4) is 6.07 Å². The summed E-state index contributed by atoms with van der Waals surface area (Å²) in [5, 5.41) is 23.1. The minimum atomic E-state index is -0.563. The van der Waals surface area contributed by atoms with E-state index in [1.165, 1.54) is 17.1 Å². The summed E-state index contributed by atoms with van der Waals surface area (Å²) in [4.78, 5) is 14.1. The van der Waals surface area contributed by atoms with Crippen molar-refractivity contribution in [2.75, 3.05) is 0 Å². The van der Waals surface area contributed by atoms with Crippen molar-refractivity contribution in [1.29, 1.82) is 5.26 Å². The van der Waals surface area contributed by atoms with Gasteiger partial charge < -0.3 is 10.1 Å². The van der Waals surface area contributed by atoms with Gasteiger partial charge in [-0.1, -0.05) is 0 Å². The molecule has 0 atom stereocenters. The van der Waals surface area contributed by atoms with E-state index in [1.54, 1.807) is 12.1 Å². The number of nitrogens with zero attached hydrogens (tertiary/aromatic N) is 5. The summed E-state index contributed by atoms with van der Waals surface area (Å²) in [6, 6.07) is 5.28. The second-order valence-corrected chi connectivity index (χ2v) is 4.26. The van der Waals surface area contributed by atoms with Gasteiger partial charge in [-0.3, -0.25) is 4.98 Å². The van der Waals surface area contributed by atoms with E-state index in [-0.39, 0.29) is 5.82 Å². The Hall–Kier alpha value is -2.27. The van der Waals surface area contributed by atoms with E-state index in [9.17, 15) is 10.1 Å².